The maximum Gasteiger partial charge on any atom is 0.157 e. The fourth-order valence-corrected chi connectivity index (χ4v) is 4.26. The Balaban J connectivity index is 2.31. The Labute approximate surface area is 171 Å². The summed E-state index contributed by atoms with van der Waals surface area (Å²) in [5, 5.41) is 52.2. The second kappa shape index (κ2) is 6.73. The fraction of sp³-hybridized carbons (Fsp3) is 0.478. The summed E-state index contributed by atoms with van der Waals surface area (Å²) in [6.45, 7) is 11.7. The zero-order chi connectivity index (χ0) is 21.9. The molecule has 3 atom stereocenters. The monoisotopic (exact) mass is 402 g/mol. The van der Waals surface area contributed by atoms with Gasteiger partial charge in [0.05, 0.1) is 0 Å². The van der Waals surface area contributed by atoms with Gasteiger partial charge in [0.2, 0.25) is 0 Å². The van der Waals surface area contributed by atoms with Crippen molar-refractivity contribution in [3.8, 4) is 28.7 Å². The van der Waals surface area contributed by atoms with E-state index in [2.05, 4.69) is 0 Å². The van der Waals surface area contributed by atoms with Crippen molar-refractivity contribution in [2.75, 3.05) is 0 Å². The molecule has 1 aliphatic heterocycles. The molecule has 2 aromatic carbocycles. The third-order valence-corrected chi connectivity index (χ3v) is 5.50. The van der Waals surface area contributed by atoms with Crippen LogP contribution >= 0.6 is 0 Å². The molecule has 0 saturated heterocycles. The first-order valence-corrected chi connectivity index (χ1v) is 9.69. The standard InChI is InChI=1S/C23H30O6/c1-22(2,3)17-15(27)10-14(26)16-18(23(4,5)6)19(28)20(29-21(16)17)11-7-8-12(24)13(25)9-11/h7-10,18-20,24-28H,1-6H3/t18?,19-,20+/m0/s1. The predicted molar refractivity (Wildman–Crippen MR) is 110 cm³/mol. The molecule has 5 N–H and O–H groups in total. The van der Waals surface area contributed by atoms with Crippen LogP contribution in [-0.2, 0) is 5.41 Å². The van der Waals surface area contributed by atoms with Crippen molar-refractivity contribution in [2.45, 2.75) is 65.1 Å². The van der Waals surface area contributed by atoms with Crippen LogP contribution in [0.15, 0.2) is 24.3 Å². The van der Waals surface area contributed by atoms with Gasteiger partial charge >= 0.3 is 0 Å². The average molecular weight is 402 g/mol. The quantitative estimate of drug-likeness (QED) is 0.451. The molecule has 0 bridgehead atoms. The molecule has 0 aromatic heterocycles. The van der Waals surface area contributed by atoms with Crippen LogP contribution in [0.2, 0.25) is 0 Å². The maximum atomic E-state index is 11.3. The van der Waals surface area contributed by atoms with Crippen molar-refractivity contribution in [3.63, 3.8) is 0 Å². The highest BCUT2D eigenvalue weighted by atomic mass is 16.5. The van der Waals surface area contributed by atoms with E-state index in [-0.39, 0.29) is 23.0 Å². The lowest BCUT2D eigenvalue weighted by atomic mass is 9.68. The van der Waals surface area contributed by atoms with Gasteiger partial charge in [-0.05, 0) is 28.5 Å². The third-order valence-electron chi connectivity index (χ3n) is 5.50. The molecular formula is C23H30O6. The van der Waals surface area contributed by atoms with Crippen molar-refractivity contribution in [1.29, 1.82) is 0 Å². The van der Waals surface area contributed by atoms with Gasteiger partial charge in [0.1, 0.15) is 23.4 Å². The molecule has 0 spiro atoms. The number of hydrogen-bond donors (Lipinski definition) is 5. The highest BCUT2D eigenvalue weighted by Crippen LogP contribution is 2.57. The van der Waals surface area contributed by atoms with Gasteiger partial charge in [0.25, 0.3) is 0 Å². The van der Waals surface area contributed by atoms with E-state index in [0.29, 0.717) is 22.4 Å². The molecule has 1 unspecified atom stereocenters. The molecule has 6 nitrogen and oxygen atoms in total. The summed E-state index contributed by atoms with van der Waals surface area (Å²) >= 11 is 0. The van der Waals surface area contributed by atoms with Gasteiger partial charge in [0, 0.05) is 23.1 Å². The topological polar surface area (TPSA) is 110 Å². The number of phenols is 4. The Morgan fingerprint density at radius 1 is 0.793 bits per heavy atom. The van der Waals surface area contributed by atoms with Crippen LogP contribution in [0.1, 0.15) is 70.3 Å². The van der Waals surface area contributed by atoms with Crippen LogP contribution in [0.4, 0.5) is 0 Å². The first kappa shape index (κ1) is 21.1. The van der Waals surface area contributed by atoms with Crippen molar-refractivity contribution < 1.29 is 30.3 Å². The first-order chi connectivity index (χ1) is 13.2. The molecule has 29 heavy (non-hydrogen) atoms. The number of rotatable bonds is 1. The minimum Gasteiger partial charge on any atom is -0.507 e. The zero-order valence-corrected chi connectivity index (χ0v) is 17.7. The second-order valence-electron chi connectivity index (χ2n) is 9.90. The highest BCUT2D eigenvalue weighted by molar-refractivity contribution is 5.62. The number of aliphatic hydroxyl groups excluding tert-OH is 1. The van der Waals surface area contributed by atoms with Crippen LogP contribution in [-0.4, -0.2) is 31.6 Å². The van der Waals surface area contributed by atoms with E-state index in [0.717, 1.165) is 0 Å². The normalized spacial score (nSPS) is 22.1. The summed E-state index contributed by atoms with van der Waals surface area (Å²) in [5.74, 6) is -0.947. The SMILES string of the molecule is CC(C)(C)c1c(O)cc(O)c2c1O[C@H](c1ccc(O)c(O)c1)[C@@H](O)C2C(C)(C)C. The molecule has 1 heterocycles. The lowest BCUT2D eigenvalue weighted by molar-refractivity contribution is -0.0295. The molecule has 0 amide bonds. The van der Waals surface area contributed by atoms with E-state index in [4.69, 9.17) is 4.74 Å². The van der Waals surface area contributed by atoms with Crippen LogP contribution in [0.3, 0.4) is 0 Å². The molecule has 0 saturated carbocycles. The highest BCUT2D eigenvalue weighted by Gasteiger charge is 2.47. The van der Waals surface area contributed by atoms with Gasteiger partial charge < -0.3 is 30.3 Å². The Morgan fingerprint density at radius 2 is 1.41 bits per heavy atom. The summed E-state index contributed by atoms with van der Waals surface area (Å²) < 4.78 is 6.21. The van der Waals surface area contributed by atoms with Gasteiger partial charge in [-0.25, -0.2) is 0 Å². The van der Waals surface area contributed by atoms with Gasteiger partial charge in [-0.1, -0.05) is 47.6 Å². The van der Waals surface area contributed by atoms with Gasteiger partial charge in [-0.15, -0.1) is 0 Å². The van der Waals surface area contributed by atoms with Crippen molar-refractivity contribution in [2.24, 2.45) is 5.41 Å². The smallest absolute Gasteiger partial charge is 0.157 e. The third kappa shape index (κ3) is 3.57. The van der Waals surface area contributed by atoms with Gasteiger partial charge in [-0.3, -0.25) is 0 Å². The average Bonchev–Trinajstić information content (AvgIpc) is 2.55. The second-order valence-corrected chi connectivity index (χ2v) is 9.90. The molecular weight excluding hydrogens is 372 g/mol. The van der Waals surface area contributed by atoms with Gasteiger partial charge in [0.15, 0.2) is 17.6 Å². The van der Waals surface area contributed by atoms with Crippen molar-refractivity contribution >= 4 is 0 Å². The zero-order valence-electron chi connectivity index (χ0n) is 17.7. The first-order valence-electron chi connectivity index (χ1n) is 9.69. The molecule has 6 heteroatoms. The number of aliphatic hydroxyl groups is 1. The fourth-order valence-electron chi connectivity index (χ4n) is 4.26. The number of benzene rings is 2. The maximum absolute atomic E-state index is 11.3. The molecule has 1 aliphatic rings. The molecule has 3 rings (SSSR count). The minimum absolute atomic E-state index is 0.0786. The lowest BCUT2D eigenvalue weighted by Gasteiger charge is -2.45. The summed E-state index contributed by atoms with van der Waals surface area (Å²) in [5.41, 5.74) is 0.550. The van der Waals surface area contributed by atoms with E-state index >= 15 is 0 Å². The number of fused-ring (bicyclic) bond motifs is 1. The Morgan fingerprint density at radius 3 is 1.93 bits per heavy atom. The van der Waals surface area contributed by atoms with E-state index in [1.807, 2.05) is 41.5 Å². The number of ether oxygens (including phenoxy) is 1. The summed E-state index contributed by atoms with van der Waals surface area (Å²) in [6, 6.07) is 5.58. The van der Waals surface area contributed by atoms with Crippen molar-refractivity contribution in [3.05, 3.63) is 41.0 Å². The largest absolute Gasteiger partial charge is 0.507 e. The van der Waals surface area contributed by atoms with E-state index in [1.165, 1.54) is 18.2 Å². The van der Waals surface area contributed by atoms with Gasteiger partial charge in [-0.2, -0.15) is 0 Å². The van der Waals surface area contributed by atoms with E-state index < -0.39 is 29.0 Å². The van der Waals surface area contributed by atoms with Crippen LogP contribution < -0.4 is 4.74 Å². The minimum atomic E-state index is -1.03. The van der Waals surface area contributed by atoms with E-state index in [1.54, 1.807) is 6.07 Å². The van der Waals surface area contributed by atoms with Crippen LogP contribution in [0.5, 0.6) is 28.7 Å². The Hall–Kier alpha value is -2.60. The number of phenolic OH excluding ortho intramolecular Hbond substituents is 4. The van der Waals surface area contributed by atoms with E-state index in [9.17, 15) is 25.5 Å². The summed E-state index contributed by atoms with van der Waals surface area (Å²) in [7, 11) is 0. The summed E-state index contributed by atoms with van der Waals surface area (Å²) in [6.07, 6.45) is -1.89. The Kier molecular flexibility index (Phi) is 4.90. The van der Waals surface area contributed by atoms with Crippen LogP contribution in [0, 0.1) is 5.41 Å². The van der Waals surface area contributed by atoms with Crippen LogP contribution in [0.25, 0.3) is 0 Å². The molecule has 158 valence electrons. The number of aromatic hydroxyl groups is 4. The predicted octanol–water partition coefficient (Wildman–Crippen LogP) is 4.43. The summed E-state index contributed by atoms with van der Waals surface area (Å²) in [4.78, 5) is 0. The number of hydrogen-bond acceptors (Lipinski definition) is 6. The molecule has 0 radical (unpaired) electrons. The molecule has 0 fully saturated rings. The Bertz CT molecular complexity index is 936. The lowest BCUT2D eigenvalue weighted by Crippen LogP contribution is -2.41. The molecule has 0 aliphatic carbocycles. The molecule has 2 aromatic rings. The van der Waals surface area contributed by atoms with Crippen molar-refractivity contribution in [1.82, 2.24) is 0 Å².